The topological polar surface area (TPSA) is 0 Å². The van der Waals surface area contributed by atoms with Crippen LogP contribution in [-0.2, 0) is 11.8 Å². The van der Waals surface area contributed by atoms with E-state index in [1.807, 2.05) is 13.8 Å². The number of benzene rings is 1. The molecule has 0 aliphatic heterocycles. The molecule has 84 valence electrons. The van der Waals surface area contributed by atoms with E-state index in [0.717, 1.165) is 0 Å². The number of rotatable bonds is 2. The first-order chi connectivity index (χ1) is 7.26. The molecule has 1 aromatic rings. The quantitative estimate of drug-likeness (QED) is 0.654. The summed E-state index contributed by atoms with van der Waals surface area (Å²) >= 11 is 0. The van der Waals surface area contributed by atoms with Crippen LogP contribution in [0.5, 0.6) is 0 Å². The van der Waals surface area contributed by atoms with E-state index in [4.69, 9.17) is 0 Å². The summed E-state index contributed by atoms with van der Waals surface area (Å²) < 4.78 is 0. The van der Waals surface area contributed by atoms with Crippen molar-refractivity contribution in [3.63, 3.8) is 0 Å². The molecule has 0 heterocycles. The van der Waals surface area contributed by atoms with Gasteiger partial charge < -0.3 is 0 Å². The second-order valence-electron chi connectivity index (χ2n) is 4.47. The minimum atomic E-state index is 0.478. The van der Waals surface area contributed by atoms with E-state index in [1.54, 1.807) is 11.1 Å². The van der Waals surface area contributed by atoms with Crippen molar-refractivity contribution in [1.82, 2.24) is 0 Å². The van der Waals surface area contributed by atoms with Crippen molar-refractivity contribution in [2.45, 2.75) is 58.8 Å². The fourth-order valence-electron chi connectivity index (χ4n) is 2.68. The molecule has 1 aromatic carbocycles. The standard InChI is InChI=1S/C13H18.C2H6/c1-3-9-13(2)10-8-11-6-4-5-7-12(11)13;1-2/h4-7H,3,8-10H2,1-2H3;1-2H3. The molecular weight excluding hydrogens is 180 g/mol. The van der Waals surface area contributed by atoms with Crippen molar-refractivity contribution in [2.24, 2.45) is 0 Å². The lowest BCUT2D eigenvalue weighted by molar-refractivity contribution is 0.426. The molecule has 15 heavy (non-hydrogen) atoms. The normalized spacial score (nSPS) is 22.9. The van der Waals surface area contributed by atoms with Crippen LogP contribution in [0.4, 0.5) is 0 Å². The van der Waals surface area contributed by atoms with Crippen molar-refractivity contribution in [3.05, 3.63) is 35.4 Å². The van der Waals surface area contributed by atoms with Gasteiger partial charge in [-0.15, -0.1) is 0 Å². The fraction of sp³-hybridized carbons (Fsp3) is 0.600. The molecule has 0 saturated heterocycles. The summed E-state index contributed by atoms with van der Waals surface area (Å²) in [5.41, 5.74) is 3.67. The maximum atomic E-state index is 2.42. The molecule has 1 atom stereocenters. The van der Waals surface area contributed by atoms with Crippen LogP contribution in [0.1, 0.15) is 58.1 Å². The third-order valence-corrected chi connectivity index (χ3v) is 3.42. The first-order valence-corrected chi connectivity index (χ1v) is 6.35. The van der Waals surface area contributed by atoms with Gasteiger partial charge in [0.05, 0.1) is 0 Å². The molecule has 0 spiro atoms. The minimum absolute atomic E-state index is 0.478. The molecule has 1 unspecified atom stereocenters. The van der Waals surface area contributed by atoms with E-state index in [2.05, 4.69) is 38.1 Å². The average Bonchev–Trinajstić information content (AvgIpc) is 2.61. The molecular formula is C15H24. The summed E-state index contributed by atoms with van der Waals surface area (Å²) in [7, 11) is 0. The van der Waals surface area contributed by atoms with Gasteiger partial charge >= 0.3 is 0 Å². The summed E-state index contributed by atoms with van der Waals surface area (Å²) in [6, 6.07) is 8.95. The Morgan fingerprint density at radius 3 is 2.53 bits per heavy atom. The molecule has 1 aliphatic carbocycles. The zero-order valence-electron chi connectivity index (χ0n) is 10.6. The molecule has 0 aromatic heterocycles. The fourth-order valence-corrected chi connectivity index (χ4v) is 2.68. The Kier molecular flexibility index (Phi) is 4.38. The van der Waals surface area contributed by atoms with E-state index in [1.165, 1.54) is 25.7 Å². The zero-order valence-corrected chi connectivity index (χ0v) is 10.6. The van der Waals surface area contributed by atoms with E-state index in [-0.39, 0.29) is 0 Å². The monoisotopic (exact) mass is 204 g/mol. The summed E-state index contributed by atoms with van der Waals surface area (Å²) in [5, 5.41) is 0. The molecule has 0 nitrogen and oxygen atoms in total. The van der Waals surface area contributed by atoms with Crippen molar-refractivity contribution >= 4 is 0 Å². The van der Waals surface area contributed by atoms with Crippen molar-refractivity contribution in [2.75, 3.05) is 0 Å². The maximum Gasteiger partial charge on any atom is -0.00695 e. The first-order valence-electron chi connectivity index (χ1n) is 6.35. The highest BCUT2D eigenvalue weighted by Crippen LogP contribution is 2.41. The highest BCUT2D eigenvalue weighted by Gasteiger charge is 2.32. The lowest BCUT2D eigenvalue weighted by Crippen LogP contribution is -2.17. The predicted molar refractivity (Wildman–Crippen MR) is 68.4 cm³/mol. The van der Waals surface area contributed by atoms with Gasteiger partial charge in [0.1, 0.15) is 0 Å². The lowest BCUT2D eigenvalue weighted by atomic mass is 9.80. The molecule has 1 aliphatic rings. The van der Waals surface area contributed by atoms with E-state index >= 15 is 0 Å². The molecule has 0 bridgehead atoms. The summed E-state index contributed by atoms with van der Waals surface area (Å²) in [5.74, 6) is 0. The van der Waals surface area contributed by atoms with Crippen LogP contribution in [0, 0.1) is 0 Å². The Hall–Kier alpha value is -0.780. The van der Waals surface area contributed by atoms with Crippen molar-refractivity contribution in [3.8, 4) is 0 Å². The molecule has 0 fully saturated rings. The highest BCUT2D eigenvalue weighted by molar-refractivity contribution is 5.38. The second-order valence-corrected chi connectivity index (χ2v) is 4.47. The van der Waals surface area contributed by atoms with Crippen LogP contribution in [0.15, 0.2) is 24.3 Å². The van der Waals surface area contributed by atoms with Gasteiger partial charge in [0.15, 0.2) is 0 Å². The molecule has 0 heteroatoms. The number of aryl methyl sites for hydroxylation is 1. The Bertz CT molecular complexity index is 297. The minimum Gasteiger partial charge on any atom is -0.0683 e. The molecule has 0 amide bonds. The van der Waals surface area contributed by atoms with Gasteiger partial charge in [-0.2, -0.15) is 0 Å². The Balaban J connectivity index is 0.000000531. The molecule has 0 saturated carbocycles. The predicted octanol–water partition coefficient (Wildman–Crippen LogP) is 4.72. The van der Waals surface area contributed by atoms with Gasteiger partial charge in [0.25, 0.3) is 0 Å². The largest absolute Gasteiger partial charge is 0.0683 e. The van der Waals surface area contributed by atoms with Crippen LogP contribution in [0.3, 0.4) is 0 Å². The third-order valence-electron chi connectivity index (χ3n) is 3.42. The second kappa shape index (κ2) is 5.34. The van der Waals surface area contributed by atoms with Crippen LogP contribution in [0.25, 0.3) is 0 Å². The van der Waals surface area contributed by atoms with Gasteiger partial charge in [-0.25, -0.2) is 0 Å². The summed E-state index contributed by atoms with van der Waals surface area (Å²) in [6.07, 6.45) is 5.27. The van der Waals surface area contributed by atoms with Crippen molar-refractivity contribution < 1.29 is 0 Å². The van der Waals surface area contributed by atoms with Crippen molar-refractivity contribution in [1.29, 1.82) is 0 Å². The number of hydrogen-bond acceptors (Lipinski definition) is 0. The van der Waals surface area contributed by atoms with Gasteiger partial charge in [-0.05, 0) is 35.8 Å². The Morgan fingerprint density at radius 2 is 1.87 bits per heavy atom. The van der Waals surface area contributed by atoms with Gasteiger partial charge in [-0.1, -0.05) is 58.4 Å². The zero-order chi connectivity index (χ0) is 11.3. The number of hydrogen-bond donors (Lipinski definition) is 0. The molecule has 2 rings (SSSR count). The SMILES string of the molecule is CC.CCCC1(C)CCc2ccccc21. The van der Waals surface area contributed by atoms with Crippen LogP contribution < -0.4 is 0 Å². The molecule has 0 N–H and O–H groups in total. The maximum absolute atomic E-state index is 2.42. The highest BCUT2D eigenvalue weighted by atomic mass is 14.4. The van der Waals surface area contributed by atoms with Crippen LogP contribution in [0.2, 0.25) is 0 Å². The Morgan fingerprint density at radius 1 is 1.20 bits per heavy atom. The van der Waals surface area contributed by atoms with Crippen LogP contribution >= 0.6 is 0 Å². The Labute approximate surface area is 94.7 Å². The van der Waals surface area contributed by atoms with Gasteiger partial charge in [-0.3, -0.25) is 0 Å². The third kappa shape index (κ3) is 2.42. The molecule has 0 radical (unpaired) electrons. The average molecular weight is 204 g/mol. The smallest absolute Gasteiger partial charge is 0.00695 e. The van der Waals surface area contributed by atoms with Crippen LogP contribution in [-0.4, -0.2) is 0 Å². The van der Waals surface area contributed by atoms with Gasteiger partial charge in [0, 0.05) is 0 Å². The van der Waals surface area contributed by atoms with Gasteiger partial charge in [0.2, 0.25) is 0 Å². The van der Waals surface area contributed by atoms with E-state index < -0.39 is 0 Å². The first kappa shape index (κ1) is 12.3. The lowest BCUT2D eigenvalue weighted by Gasteiger charge is -2.24. The number of fused-ring (bicyclic) bond motifs is 1. The van der Waals surface area contributed by atoms with E-state index in [0.29, 0.717) is 5.41 Å². The van der Waals surface area contributed by atoms with E-state index in [9.17, 15) is 0 Å². The summed E-state index contributed by atoms with van der Waals surface area (Å²) in [6.45, 7) is 8.70. The summed E-state index contributed by atoms with van der Waals surface area (Å²) in [4.78, 5) is 0.